The van der Waals surface area contributed by atoms with Crippen LogP contribution in [0, 0.1) is 0 Å². The summed E-state index contributed by atoms with van der Waals surface area (Å²) in [6.45, 7) is 2.18. The maximum Gasteiger partial charge on any atom is 0.244 e. The van der Waals surface area contributed by atoms with Crippen LogP contribution in [0.3, 0.4) is 0 Å². The lowest BCUT2D eigenvalue weighted by molar-refractivity contribution is -0.128. The number of ether oxygens (including phenoxy) is 1. The van der Waals surface area contributed by atoms with E-state index in [1.165, 1.54) is 5.56 Å². The highest BCUT2D eigenvalue weighted by atomic mass is 16.5. The van der Waals surface area contributed by atoms with Crippen molar-refractivity contribution >= 4 is 29.3 Å². The van der Waals surface area contributed by atoms with Crippen molar-refractivity contribution in [3.8, 4) is 0 Å². The number of primary amides is 2. The van der Waals surface area contributed by atoms with Crippen LogP contribution >= 0.6 is 0 Å². The van der Waals surface area contributed by atoms with Gasteiger partial charge in [-0.25, -0.2) is 0 Å². The van der Waals surface area contributed by atoms with Crippen LogP contribution in [0.4, 0.5) is 5.69 Å². The first-order valence-electron chi connectivity index (χ1n) is 14.4. The van der Waals surface area contributed by atoms with Gasteiger partial charge in [0.25, 0.3) is 0 Å². The molecule has 2 heterocycles. The van der Waals surface area contributed by atoms with Crippen molar-refractivity contribution in [2.45, 2.75) is 95.5 Å². The number of aryl methyl sites for hydroxylation is 2. The highest BCUT2D eigenvalue weighted by Crippen LogP contribution is 2.38. The molecular formula is C31H41N5O5. The van der Waals surface area contributed by atoms with E-state index in [1.54, 1.807) is 4.90 Å². The lowest BCUT2D eigenvalue weighted by Crippen LogP contribution is -2.55. The number of nitrogens with two attached hydrogens (primary N) is 3. The van der Waals surface area contributed by atoms with Crippen LogP contribution in [-0.4, -0.2) is 47.9 Å². The van der Waals surface area contributed by atoms with Gasteiger partial charge >= 0.3 is 0 Å². The summed E-state index contributed by atoms with van der Waals surface area (Å²) in [4.78, 5) is 50.9. The van der Waals surface area contributed by atoms with Crippen molar-refractivity contribution in [2.75, 3.05) is 4.90 Å². The standard InChI is InChI=1S/C31H41N5O5/c1-19(41-18-21-11-9-20(10-12-21)5-2-3-8-27(33)37)25(15-16-28(34)38)35-30(39)26-17-23-7-4-6-22-13-14-24(32)31(40)36(26)29(22)23/h4,6-7,9-12,19,24-26H,2-3,5,8,13-18,32H2,1H3,(H2,33,37)(H2,34,38)(H,35,39)/t19-,24+,25+,26+/m1/s1. The van der Waals surface area contributed by atoms with Crippen molar-refractivity contribution in [3.05, 3.63) is 64.7 Å². The molecule has 220 valence electrons. The molecule has 0 radical (unpaired) electrons. The maximum absolute atomic E-state index is 13.7. The highest BCUT2D eigenvalue weighted by Gasteiger charge is 2.43. The van der Waals surface area contributed by atoms with Gasteiger partial charge < -0.3 is 27.3 Å². The Hall–Kier alpha value is -3.76. The van der Waals surface area contributed by atoms with E-state index in [9.17, 15) is 19.2 Å². The van der Waals surface area contributed by atoms with Crippen LogP contribution in [-0.2, 0) is 49.8 Å². The summed E-state index contributed by atoms with van der Waals surface area (Å²) >= 11 is 0. The smallest absolute Gasteiger partial charge is 0.244 e. The fraction of sp³-hybridized carbons (Fsp3) is 0.484. The second-order valence-corrected chi connectivity index (χ2v) is 11.1. The van der Waals surface area contributed by atoms with Gasteiger partial charge in [0, 0.05) is 19.3 Å². The summed E-state index contributed by atoms with van der Waals surface area (Å²) in [6.07, 6.45) is 4.51. The van der Waals surface area contributed by atoms with Crippen molar-refractivity contribution in [3.63, 3.8) is 0 Å². The van der Waals surface area contributed by atoms with E-state index in [2.05, 4.69) is 5.32 Å². The lowest BCUT2D eigenvalue weighted by Gasteiger charge is -2.30. The molecule has 10 heteroatoms. The highest BCUT2D eigenvalue weighted by molar-refractivity contribution is 6.06. The lowest BCUT2D eigenvalue weighted by atomic mass is 10.0. The number of amides is 4. The number of anilines is 1. The Morgan fingerprint density at radius 2 is 1.68 bits per heavy atom. The number of hydrogen-bond acceptors (Lipinski definition) is 6. The third-order valence-corrected chi connectivity index (χ3v) is 8.02. The van der Waals surface area contributed by atoms with E-state index in [-0.39, 0.29) is 24.1 Å². The minimum Gasteiger partial charge on any atom is -0.372 e. The summed E-state index contributed by atoms with van der Waals surface area (Å²) in [5.41, 5.74) is 21.7. The Kier molecular flexibility index (Phi) is 10.1. The molecule has 0 aromatic heterocycles. The Labute approximate surface area is 240 Å². The predicted octanol–water partition coefficient (Wildman–Crippen LogP) is 1.77. The second-order valence-electron chi connectivity index (χ2n) is 11.1. The molecule has 0 bridgehead atoms. The number of unbranched alkanes of at least 4 members (excludes halogenated alkanes) is 1. The molecule has 2 aromatic carbocycles. The fourth-order valence-electron chi connectivity index (χ4n) is 5.64. The van der Waals surface area contributed by atoms with Crippen LogP contribution in [0.2, 0.25) is 0 Å². The number of carbonyl (C=O) groups excluding carboxylic acids is 4. The zero-order chi connectivity index (χ0) is 29.5. The number of benzene rings is 2. The van der Waals surface area contributed by atoms with Crippen LogP contribution in [0.5, 0.6) is 0 Å². The third-order valence-electron chi connectivity index (χ3n) is 8.02. The Bertz CT molecular complexity index is 1260. The number of nitrogens with one attached hydrogen (secondary N) is 1. The average Bonchev–Trinajstić information content (AvgIpc) is 3.29. The topological polar surface area (TPSA) is 171 Å². The van der Waals surface area contributed by atoms with Gasteiger partial charge in [0.05, 0.1) is 30.5 Å². The molecule has 0 saturated carbocycles. The third kappa shape index (κ3) is 7.71. The molecule has 0 saturated heterocycles. The SMILES string of the molecule is C[C@@H](OCc1ccc(CCCCC(N)=O)cc1)[C@H](CCC(N)=O)NC(=O)[C@@H]1Cc2cccc3c2N1C(=O)[C@@H](N)CC3. The summed E-state index contributed by atoms with van der Waals surface area (Å²) in [5, 5.41) is 3.06. The largest absolute Gasteiger partial charge is 0.372 e. The van der Waals surface area contributed by atoms with E-state index >= 15 is 0 Å². The van der Waals surface area contributed by atoms with Crippen molar-refractivity contribution in [1.82, 2.24) is 5.32 Å². The van der Waals surface area contributed by atoms with E-state index in [1.807, 2.05) is 49.4 Å². The van der Waals surface area contributed by atoms with Crippen LogP contribution < -0.4 is 27.4 Å². The molecule has 10 nitrogen and oxygen atoms in total. The average molecular weight is 564 g/mol. The molecule has 4 atom stereocenters. The minimum absolute atomic E-state index is 0.0889. The number of para-hydroxylation sites is 1. The van der Waals surface area contributed by atoms with Crippen LogP contribution in [0.25, 0.3) is 0 Å². The minimum atomic E-state index is -0.721. The summed E-state index contributed by atoms with van der Waals surface area (Å²) < 4.78 is 6.14. The van der Waals surface area contributed by atoms with Gasteiger partial charge in [0.1, 0.15) is 6.04 Å². The first-order valence-corrected chi connectivity index (χ1v) is 14.4. The summed E-state index contributed by atoms with van der Waals surface area (Å²) in [6, 6.07) is 12.1. The van der Waals surface area contributed by atoms with Crippen LogP contribution in [0.15, 0.2) is 42.5 Å². The Morgan fingerprint density at radius 3 is 2.39 bits per heavy atom. The second kappa shape index (κ2) is 13.7. The van der Waals surface area contributed by atoms with E-state index in [0.29, 0.717) is 38.7 Å². The first-order chi connectivity index (χ1) is 19.6. The van der Waals surface area contributed by atoms with Gasteiger partial charge in [0.2, 0.25) is 23.6 Å². The molecule has 4 rings (SSSR count). The Balaban J connectivity index is 1.39. The van der Waals surface area contributed by atoms with Gasteiger partial charge in [-0.05, 0) is 67.7 Å². The maximum atomic E-state index is 13.7. The molecular weight excluding hydrogens is 522 g/mol. The van der Waals surface area contributed by atoms with Crippen molar-refractivity contribution < 1.29 is 23.9 Å². The zero-order valence-electron chi connectivity index (χ0n) is 23.6. The molecule has 2 aromatic rings. The molecule has 0 spiro atoms. The molecule has 41 heavy (non-hydrogen) atoms. The van der Waals surface area contributed by atoms with Gasteiger partial charge in [-0.15, -0.1) is 0 Å². The quantitative estimate of drug-likeness (QED) is 0.255. The van der Waals surface area contributed by atoms with E-state index < -0.39 is 30.1 Å². The van der Waals surface area contributed by atoms with Gasteiger partial charge in [-0.2, -0.15) is 0 Å². The molecule has 7 N–H and O–H groups in total. The van der Waals surface area contributed by atoms with Crippen LogP contribution in [0.1, 0.15) is 67.7 Å². The number of hydrogen-bond donors (Lipinski definition) is 4. The first kappa shape index (κ1) is 30.2. The van der Waals surface area contributed by atoms with Gasteiger partial charge in [-0.3, -0.25) is 24.1 Å². The number of rotatable bonds is 14. The molecule has 0 unspecified atom stereocenters. The number of carbonyl (C=O) groups is 4. The van der Waals surface area contributed by atoms with Crippen molar-refractivity contribution in [2.24, 2.45) is 17.2 Å². The molecule has 0 aliphatic carbocycles. The summed E-state index contributed by atoms with van der Waals surface area (Å²) in [5.74, 6) is -1.29. The summed E-state index contributed by atoms with van der Waals surface area (Å²) in [7, 11) is 0. The molecule has 2 aliphatic heterocycles. The van der Waals surface area contributed by atoms with E-state index in [0.717, 1.165) is 41.6 Å². The zero-order valence-corrected chi connectivity index (χ0v) is 23.6. The molecule has 0 fully saturated rings. The normalized spacial score (nSPS) is 19.3. The Morgan fingerprint density at radius 1 is 1.00 bits per heavy atom. The van der Waals surface area contributed by atoms with E-state index in [4.69, 9.17) is 21.9 Å². The van der Waals surface area contributed by atoms with Gasteiger partial charge in [0.15, 0.2) is 0 Å². The number of nitrogens with zero attached hydrogens (tertiary/aromatic N) is 1. The predicted molar refractivity (Wildman–Crippen MR) is 156 cm³/mol. The monoisotopic (exact) mass is 563 g/mol. The van der Waals surface area contributed by atoms with Gasteiger partial charge in [-0.1, -0.05) is 42.5 Å². The van der Waals surface area contributed by atoms with Crippen molar-refractivity contribution in [1.29, 1.82) is 0 Å². The fourth-order valence-corrected chi connectivity index (χ4v) is 5.64. The molecule has 2 aliphatic rings. The molecule has 4 amide bonds.